The average molecular weight is 924 g/mol. The summed E-state index contributed by atoms with van der Waals surface area (Å²) in [7, 11) is -16.4. The molecule has 59 heavy (non-hydrogen) atoms. The Morgan fingerprint density at radius 3 is 2.44 bits per heavy atom. The fraction of sp³-hybridized carbons (Fsp3) is 0.724. The van der Waals surface area contributed by atoms with Crippen LogP contribution in [0.25, 0.3) is 11.2 Å². The Hall–Kier alpha value is -2.52. The Labute approximate surface area is 340 Å². The standard InChI is InChI=1S/C29H48N7O19P3S/c1-29(2,24(41)27(42)32-7-6-19(38)31-8-9-59-20(39)10-16(37)4-3-5-17-11-50-17)13-52-58(48,49)55-57(46,47)51-12-18-23(54-56(43,44)45)22(40)28(53-18)36-15-35-21-25(30)33-14-34-26(21)36/h14-18,22-24,28,37,40-41H,3-13H2,1-2H3,(H,31,38)(H,32,42)(H,46,47)(H,48,49)(H2,30,33,34)(H2,43,44,45)/t16-,17+,18-,22-,23-,24+,28-/m1/s1. The lowest BCUT2D eigenvalue weighted by molar-refractivity contribution is -0.137. The van der Waals surface area contributed by atoms with Gasteiger partial charge >= 0.3 is 23.5 Å². The first-order chi connectivity index (χ1) is 27.5. The second kappa shape index (κ2) is 21.0. The van der Waals surface area contributed by atoms with Crippen molar-refractivity contribution in [3.63, 3.8) is 0 Å². The van der Waals surface area contributed by atoms with Crippen LogP contribution in [0.1, 0.15) is 52.2 Å². The molecular weight excluding hydrogens is 875 g/mol. The van der Waals surface area contributed by atoms with Crippen LogP contribution in [0.4, 0.5) is 5.82 Å². The summed E-state index contributed by atoms with van der Waals surface area (Å²) in [6.07, 6.45) is -5.41. The van der Waals surface area contributed by atoms with Crippen molar-refractivity contribution in [3.05, 3.63) is 12.7 Å². The normalized spacial score (nSPS) is 23.9. The number of aliphatic hydroxyl groups excluding tert-OH is 3. The number of aliphatic hydroxyl groups is 3. The predicted octanol–water partition coefficient (Wildman–Crippen LogP) is -1.02. The lowest BCUT2D eigenvalue weighted by Crippen LogP contribution is -2.46. The number of aromatic nitrogens is 4. The number of phosphoric acid groups is 3. The first kappa shape index (κ1) is 49.1. The number of hydrogen-bond donors (Lipinski definition) is 10. The minimum Gasteiger partial charge on any atom is -0.393 e. The minimum atomic E-state index is -5.58. The minimum absolute atomic E-state index is 0.00792. The van der Waals surface area contributed by atoms with Crippen LogP contribution in [0, 0.1) is 5.41 Å². The van der Waals surface area contributed by atoms with Crippen LogP contribution in [-0.4, -0.2) is 147 Å². The molecule has 4 heterocycles. The highest BCUT2D eigenvalue weighted by Gasteiger charge is 2.50. The molecule has 0 bridgehead atoms. The molecule has 334 valence electrons. The SMILES string of the molecule is CC(C)(COP(=O)(O)OP(=O)(O)OC[C@H]1O[C@@H](n2cnc3c(N)ncnc32)[C@H](O)[C@@H]1OP(=O)(O)O)[C@@H](O)C(=O)NCCC(=O)NCCSC(=O)C[C@H](O)CCC[C@H]1CO1. The molecule has 0 saturated carbocycles. The summed E-state index contributed by atoms with van der Waals surface area (Å²) in [5, 5.41) is 36.1. The van der Waals surface area contributed by atoms with Crippen molar-refractivity contribution < 1.29 is 90.3 Å². The van der Waals surface area contributed by atoms with Crippen LogP contribution in [0.2, 0.25) is 0 Å². The maximum atomic E-state index is 12.7. The van der Waals surface area contributed by atoms with Crippen LogP contribution in [0.5, 0.6) is 0 Å². The number of rotatable bonds is 25. The number of thioether (sulfide) groups is 1. The van der Waals surface area contributed by atoms with Crippen LogP contribution >= 0.6 is 35.2 Å². The van der Waals surface area contributed by atoms with Crippen molar-refractivity contribution in [2.24, 2.45) is 5.41 Å². The summed E-state index contributed by atoms with van der Waals surface area (Å²) in [5.41, 5.74) is 4.24. The van der Waals surface area contributed by atoms with E-state index in [-0.39, 0.29) is 59.9 Å². The van der Waals surface area contributed by atoms with E-state index in [0.29, 0.717) is 6.42 Å². The lowest BCUT2D eigenvalue weighted by atomic mass is 9.87. The molecular formula is C29H48N7O19P3S. The van der Waals surface area contributed by atoms with E-state index in [9.17, 15) is 63.0 Å². The van der Waals surface area contributed by atoms with Gasteiger partial charge in [-0.3, -0.25) is 32.5 Å². The van der Waals surface area contributed by atoms with Gasteiger partial charge in [-0.15, -0.1) is 0 Å². The van der Waals surface area contributed by atoms with Crippen LogP contribution in [0.15, 0.2) is 12.7 Å². The number of nitrogens with two attached hydrogens (primary N) is 1. The molecule has 2 aromatic rings. The molecule has 2 aromatic heterocycles. The van der Waals surface area contributed by atoms with Gasteiger partial charge in [-0.05, 0) is 19.3 Å². The van der Waals surface area contributed by atoms with Crippen LogP contribution in [-0.2, 0) is 55.4 Å². The van der Waals surface area contributed by atoms with Gasteiger partial charge in [-0.1, -0.05) is 25.6 Å². The maximum absolute atomic E-state index is 12.7. The summed E-state index contributed by atoms with van der Waals surface area (Å²) in [5.74, 6) is -1.26. The van der Waals surface area contributed by atoms with Gasteiger partial charge in [-0.25, -0.2) is 28.6 Å². The number of phosphoric ester groups is 3. The molecule has 30 heteroatoms. The molecule has 2 aliphatic heterocycles. The highest BCUT2D eigenvalue weighted by Crippen LogP contribution is 2.61. The number of carbonyl (C=O) groups excluding carboxylic acids is 3. The topological polar surface area (TPSA) is 396 Å². The third-order valence-electron chi connectivity index (χ3n) is 8.63. The Morgan fingerprint density at radius 1 is 1.07 bits per heavy atom. The van der Waals surface area contributed by atoms with E-state index in [0.717, 1.165) is 48.4 Å². The third kappa shape index (κ3) is 15.7. The molecule has 11 N–H and O–H groups in total. The number of ether oxygens (including phenoxy) is 2. The van der Waals surface area contributed by atoms with E-state index in [1.165, 1.54) is 13.8 Å². The Morgan fingerprint density at radius 2 is 1.76 bits per heavy atom. The first-order valence-electron chi connectivity index (χ1n) is 17.8. The number of nitrogen functional groups attached to an aromatic ring is 1. The number of amides is 2. The molecule has 2 saturated heterocycles. The van der Waals surface area contributed by atoms with E-state index in [1.54, 1.807) is 0 Å². The maximum Gasteiger partial charge on any atom is 0.481 e. The number of epoxide rings is 1. The number of anilines is 1. The summed E-state index contributed by atoms with van der Waals surface area (Å²) in [4.78, 5) is 87.8. The monoisotopic (exact) mass is 923 g/mol. The zero-order valence-electron chi connectivity index (χ0n) is 31.6. The van der Waals surface area contributed by atoms with Gasteiger partial charge < -0.3 is 60.7 Å². The second-order valence-corrected chi connectivity index (χ2v) is 19.4. The zero-order chi connectivity index (χ0) is 43.8. The fourth-order valence-electron chi connectivity index (χ4n) is 5.46. The van der Waals surface area contributed by atoms with Gasteiger partial charge in [0, 0.05) is 37.1 Å². The van der Waals surface area contributed by atoms with Crippen molar-refractivity contribution in [1.29, 1.82) is 0 Å². The van der Waals surface area contributed by atoms with E-state index in [1.807, 2.05) is 0 Å². The third-order valence-corrected chi connectivity index (χ3v) is 12.6. The Bertz CT molecular complexity index is 1920. The fourth-order valence-corrected chi connectivity index (χ4v) is 9.04. The van der Waals surface area contributed by atoms with E-state index < -0.39 is 90.7 Å². The Kier molecular flexibility index (Phi) is 17.5. The highest BCUT2D eigenvalue weighted by atomic mass is 32.2. The smallest absolute Gasteiger partial charge is 0.393 e. The van der Waals surface area contributed by atoms with Crippen molar-refractivity contribution in [3.8, 4) is 0 Å². The van der Waals surface area contributed by atoms with E-state index >= 15 is 0 Å². The number of nitrogens with one attached hydrogen (secondary N) is 2. The first-order valence-corrected chi connectivity index (χ1v) is 23.3. The molecule has 0 radical (unpaired) electrons. The molecule has 2 fully saturated rings. The van der Waals surface area contributed by atoms with E-state index in [2.05, 4.69) is 34.4 Å². The number of fused-ring (bicyclic) bond motifs is 1. The van der Waals surface area contributed by atoms with E-state index in [4.69, 9.17) is 24.3 Å². The summed E-state index contributed by atoms with van der Waals surface area (Å²) in [6, 6.07) is 0. The second-order valence-electron chi connectivity index (χ2n) is 14.0. The largest absolute Gasteiger partial charge is 0.481 e. The molecule has 0 spiro atoms. The summed E-state index contributed by atoms with van der Waals surface area (Å²) >= 11 is 0.966. The molecule has 4 rings (SSSR count). The van der Waals surface area contributed by atoms with Gasteiger partial charge in [-0.2, -0.15) is 4.31 Å². The summed E-state index contributed by atoms with van der Waals surface area (Å²) in [6.45, 7) is 1.09. The summed E-state index contributed by atoms with van der Waals surface area (Å²) < 4.78 is 67.2. The zero-order valence-corrected chi connectivity index (χ0v) is 35.1. The van der Waals surface area contributed by atoms with Crippen molar-refractivity contribution in [2.75, 3.05) is 44.4 Å². The van der Waals surface area contributed by atoms with Gasteiger partial charge in [0.25, 0.3) is 0 Å². The molecule has 2 amide bonds. The Balaban J connectivity index is 1.18. The van der Waals surface area contributed by atoms with Gasteiger partial charge in [0.1, 0.15) is 36.3 Å². The van der Waals surface area contributed by atoms with Crippen LogP contribution in [0.3, 0.4) is 0 Å². The van der Waals surface area contributed by atoms with Crippen LogP contribution < -0.4 is 16.4 Å². The quantitative estimate of drug-likeness (QED) is 0.0324. The molecule has 0 aliphatic carbocycles. The number of carbonyl (C=O) groups is 3. The average Bonchev–Trinajstić information content (AvgIpc) is 3.78. The molecule has 0 aromatic carbocycles. The molecule has 26 nitrogen and oxygen atoms in total. The number of hydrogen-bond acceptors (Lipinski definition) is 20. The number of nitrogens with zero attached hydrogens (tertiary/aromatic N) is 4. The number of imidazole rings is 1. The lowest BCUT2D eigenvalue weighted by Gasteiger charge is -2.30. The van der Waals surface area contributed by atoms with Crippen molar-refractivity contribution in [1.82, 2.24) is 30.2 Å². The highest BCUT2D eigenvalue weighted by molar-refractivity contribution is 8.13. The molecule has 2 aliphatic rings. The van der Waals surface area contributed by atoms with Crippen molar-refractivity contribution >= 4 is 69.1 Å². The van der Waals surface area contributed by atoms with Gasteiger partial charge in [0.05, 0.1) is 38.4 Å². The predicted molar refractivity (Wildman–Crippen MR) is 201 cm³/mol. The van der Waals surface area contributed by atoms with Crippen molar-refractivity contribution in [2.45, 2.75) is 88.8 Å². The molecule has 2 unspecified atom stereocenters. The van der Waals surface area contributed by atoms with Gasteiger partial charge in [0.2, 0.25) is 11.8 Å². The molecule has 9 atom stereocenters. The van der Waals surface area contributed by atoms with Gasteiger partial charge in [0.15, 0.2) is 22.8 Å².